The van der Waals surface area contributed by atoms with Crippen LogP contribution in [0, 0.1) is 11.3 Å². The van der Waals surface area contributed by atoms with E-state index in [-0.39, 0.29) is 11.4 Å². The molecule has 17 heavy (non-hydrogen) atoms. The van der Waals surface area contributed by atoms with Crippen LogP contribution in [0.2, 0.25) is 0 Å². The summed E-state index contributed by atoms with van der Waals surface area (Å²) >= 11 is 5.50. The van der Waals surface area contributed by atoms with Gasteiger partial charge in [0.15, 0.2) is 0 Å². The number of nitriles is 1. The lowest BCUT2D eigenvalue weighted by molar-refractivity contribution is 0.234. The quantitative estimate of drug-likeness (QED) is 0.796. The molecule has 7 heteroatoms. The molecule has 1 aromatic carbocycles. The SMILES string of the molecule is N#CC(CCl)c1ccccc1S(=O)(=O)C(F)F. The zero-order valence-electron chi connectivity index (χ0n) is 8.48. The van der Waals surface area contributed by atoms with Gasteiger partial charge in [-0.15, -0.1) is 11.6 Å². The summed E-state index contributed by atoms with van der Waals surface area (Å²) in [7, 11) is -4.72. The highest BCUT2D eigenvalue weighted by atomic mass is 35.5. The molecule has 1 atom stereocenters. The summed E-state index contributed by atoms with van der Waals surface area (Å²) in [6.45, 7) is 0. The first-order valence-corrected chi connectivity index (χ1v) is 6.59. The van der Waals surface area contributed by atoms with Gasteiger partial charge in [-0.2, -0.15) is 14.0 Å². The second kappa shape index (κ2) is 5.43. The number of rotatable bonds is 4. The monoisotopic (exact) mass is 279 g/mol. The average Bonchev–Trinajstić information content (AvgIpc) is 2.31. The maximum absolute atomic E-state index is 12.4. The van der Waals surface area contributed by atoms with Crippen molar-refractivity contribution in [2.75, 3.05) is 5.88 Å². The lowest BCUT2D eigenvalue weighted by Gasteiger charge is -2.12. The van der Waals surface area contributed by atoms with E-state index in [4.69, 9.17) is 16.9 Å². The third-order valence-corrected chi connectivity index (χ3v) is 3.91. The molecule has 1 aromatic rings. The summed E-state index contributed by atoms with van der Waals surface area (Å²) in [4.78, 5) is -0.540. The van der Waals surface area contributed by atoms with Gasteiger partial charge < -0.3 is 0 Å². The highest BCUT2D eigenvalue weighted by Crippen LogP contribution is 2.28. The number of hydrogen-bond acceptors (Lipinski definition) is 3. The topological polar surface area (TPSA) is 57.9 Å². The predicted octanol–water partition coefficient (Wildman–Crippen LogP) is 2.53. The molecule has 0 bridgehead atoms. The van der Waals surface area contributed by atoms with E-state index in [0.717, 1.165) is 6.07 Å². The van der Waals surface area contributed by atoms with Gasteiger partial charge in [-0.3, -0.25) is 0 Å². The molecule has 1 unspecified atom stereocenters. The molecule has 0 heterocycles. The van der Waals surface area contributed by atoms with E-state index >= 15 is 0 Å². The van der Waals surface area contributed by atoms with Crippen LogP contribution in [0.1, 0.15) is 11.5 Å². The number of halogens is 3. The molecule has 0 aromatic heterocycles. The van der Waals surface area contributed by atoms with Gasteiger partial charge in [-0.1, -0.05) is 18.2 Å². The molecule has 0 spiro atoms. The molecule has 1 rings (SSSR count). The molecule has 0 aliphatic rings. The van der Waals surface area contributed by atoms with Crippen LogP contribution >= 0.6 is 11.6 Å². The molecule has 0 aliphatic carbocycles. The minimum absolute atomic E-state index is 0.00491. The Morgan fingerprint density at radius 1 is 1.35 bits per heavy atom. The largest absolute Gasteiger partial charge is 0.341 e. The van der Waals surface area contributed by atoms with Gasteiger partial charge >= 0.3 is 5.76 Å². The van der Waals surface area contributed by atoms with Crippen molar-refractivity contribution in [3.8, 4) is 6.07 Å². The summed E-state index contributed by atoms with van der Waals surface area (Å²) in [5.74, 6) is -4.61. The van der Waals surface area contributed by atoms with Crippen LogP contribution in [0.4, 0.5) is 8.78 Å². The van der Waals surface area contributed by atoms with Crippen LogP contribution in [0.3, 0.4) is 0 Å². The van der Waals surface area contributed by atoms with Crippen molar-refractivity contribution >= 4 is 21.4 Å². The van der Waals surface area contributed by atoms with Gasteiger partial charge in [0.25, 0.3) is 0 Å². The minimum Gasteiger partial charge on any atom is -0.218 e. The van der Waals surface area contributed by atoms with E-state index in [1.807, 2.05) is 0 Å². The van der Waals surface area contributed by atoms with Crippen LogP contribution in [0.25, 0.3) is 0 Å². The number of sulfone groups is 1. The summed E-state index contributed by atoms with van der Waals surface area (Å²) in [5, 5.41) is 8.79. The normalized spacial score (nSPS) is 13.4. The fraction of sp³-hybridized carbons (Fsp3) is 0.300. The molecule has 0 radical (unpaired) electrons. The first kappa shape index (κ1) is 13.9. The van der Waals surface area contributed by atoms with Crippen molar-refractivity contribution in [1.82, 2.24) is 0 Å². The highest BCUT2D eigenvalue weighted by Gasteiger charge is 2.30. The summed E-state index contributed by atoms with van der Waals surface area (Å²) in [5.41, 5.74) is 0.00491. The van der Waals surface area contributed by atoms with E-state index in [9.17, 15) is 17.2 Å². The van der Waals surface area contributed by atoms with E-state index in [1.165, 1.54) is 18.2 Å². The number of nitrogens with zero attached hydrogens (tertiary/aromatic N) is 1. The fourth-order valence-corrected chi connectivity index (χ4v) is 2.54. The molecular weight excluding hydrogens is 272 g/mol. The number of hydrogen-bond donors (Lipinski definition) is 0. The first-order chi connectivity index (χ1) is 7.95. The van der Waals surface area contributed by atoms with Crippen LogP contribution in [0.15, 0.2) is 29.2 Å². The van der Waals surface area contributed by atoms with Crippen molar-refractivity contribution in [2.24, 2.45) is 0 Å². The Morgan fingerprint density at radius 2 is 1.94 bits per heavy atom. The lowest BCUT2D eigenvalue weighted by Crippen LogP contribution is -2.15. The second-order valence-corrected chi connectivity index (χ2v) is 5.37. The summed E-state index contributed by atoms with van der Waals surface area (Å²) in [6, 6.07) is 6.93. The predicted molar refractivity (Wildman–Crippen MR) is 58.7 cm³/mol. The zero-order valence-corrected chi connectivity index (χ0v) is 10.0. The van der Waals surface area contributed by atoms with Crippen molar-refractivity contribution in [1.29, 1.82) is 5.26 Å². The fourth-order valence-electron chi connectivity index (χ4n) is 1.31. The Labute approximate surface area is 103 Å². The summed E-state index contributed by atoms with van der Waals surface area (Å²) < 4.78 is 47.7. The van der Waals surface area contributed by atoms with Gasteiger partial charge in [0, 0.05) is 5.88 Å². The number of alkyl halides is 3. The standard InChI is InChI=1S/C10H8ClF2NO2S/c11-5-7(6-14)8-3-1-2-4-9(8)17(15,16)10(12)13/h1-4,7,10H,5H2. The average molecular weight is 280 g/mol. The molecule has 0 aliphatic heterocycles. The Balaban J connectivity index is 3.42. The van der Waals surface area contributed by atoms with Gasteiger partial charge in [-0.25, -0.2) is 8.42 Å². The first-order valence-electron chi connectivity index (χ1n) is 4.51. The van der Waals surface area contributed by atoms with Crippen molar-refractivity contribution < 1.29 is 17.2 Å². The Morgan fingerprint density at radius 3 is 2.41 bits per heavy atom. The Hall–Kier alpha value is -1.19. The van der Waals surface area contributed by atoms with E-state index < -0.39 is 26.4 Å². The van der Waals surface area contributed by atoms with Crippen LogP contribution in [0.5, 0.6) is 0 Å². The molecule has 0 amide bonds. The molecule has 92 valence electrons. The molecule has 0 fully saturated rings. The third kappa shape index (κ3) is 2.73. The van der Waals surface area contributed by atoms with Crippen LogP contribution in [-0.4, -0.2) is 20.1 Å². The number of benzene rings is 1. The highest BCUT2D eigenvalue weighted by molar-refractivity contribution is 7.91. The Kier molecular flexibility index (Phi) is 4.43. The van der Waals surface area contributed by atoms with Gasteiger partial charge in [-0.05, 0) is 11.6 Å². The van der Waals surface area contributed by atoms with Crippen molar-refractivity contribution in [3.63, 3.8) is 0 Å². The molecular formula is C10H8ClF2NO2S. The zero-order chi connectivity index (χ0) is 13.1. The van der Waals surface area contributed by atoms with Gasteiger partial charge in [0.1, 0.15) is 0 Å². The maximum Gasteiger partial charge on any atom is 0.341 e. The van der Waals surface area contributed by atoms with Crippen molar-refractivity contribution in [2.45, 2.75) is 16.6 Å². The van der Waals surface area contributed by atoms with Crippen LogP contribution < -0.4 is 0 Å². The molecule has 0 N–H and O–H groups in total. The molecule has 3 nitrogen and oxygen atoms in total. The second-order valence-electron chi connectivity index (χ2n) is 3.18. The van der Waals surface area contributed by atoms with Crippen molar-refractivity contribution in [3.05, 3.63) is 29.8 Å². The van der Waals surface area contributed by atoms with Gasteiger partial charge in [0.2, 0.25) is 9.84 Å². The molecule has 0 saturated carbocycles. The third-order valence-electron chi connectivity index (χ3n) is 2.15. The minimum atomic E-state index is -4.72. The van der Waals surface area contributed by atoms with E-state index in [0.29, 0.717) is 0 Å². The lowest BCUT2D eigenvalue weighted by atomic mass is 10.0. The van der Waals surface area contributed by atoms with E-state index in [1.54, 1.807) is 6.07 Å². The summed E-state index contributed by atoms with van der Waals surface area (Å²) in [6.07, 6.45) is 0. The smallest absolute Gasteiger partial charge is 0.218 e. The maximum atomic E-state index is 12.4. The Bertz CT molecular complexity index is 539. The van der Waals surface area contributed by atoms with Gasteiger partial charge in [0.05, 0.1) is 16.9 Å². The van der Waals surface area contributed by atoms with Crippen LogP contribution in [-0.2, 0) is 9.84 Å². The van der Waals surface area contributed by atoms with E-state index in [2.05, 4.69) is 0 Å². The molecule has 0 saturated heterocycles.